The Balaban J connectivity index is 1.52. The van der Waals surface area contributed by atoms with Crippen molar-refractivity contribution < 1.29 is 4.57 Å². The zero-order valence-electron chi connectivity index (χ0n) is 24.7. The van der Waals surface area contributed by atoms with Crippen molar-refractivity contribution in [1.29, 1.82) is 0 Å². The molecule has 2 aromatic carbocycles. The van der Waals surface area contributed by atoms with Crippen molar-refractivity contribution in [3.63, 3.8) is 0 Å². The van der Waals surface area contributed by atoms with E-state index >= 15 is 0 Å². The van der Waals surface area contributed by atoms with Crippen LogP contribution >= 0.6 is 7.14 Å². The van der Waals surface area contributed by atoms with Gasteiger partial charge in [-0.3, -0.25) is 0 Å². The summed E-state index contributed by atoms with van der Waals surface area (Å²) in [6.45, 7) is 8.60. The molecule has 9 heteroatoms. The van der Waals surface area contributed by atoms with Crippen molar-refractivity contribution in [2.24, 2.45) is 0 Å². The first-order valence-electron chi connectivity index (χ1n) is 14.0. The monoisotopic (exact) mass is 559 g/mol. The van der Waals surface area contributed by atoms with E-state index in [0.29, 0.717) is 24.2 Å². The Morgan fingerprint density at radius 1 is 1.15 bits per heavy atom. The van der Waals surface area contributed by atoms with Crippen LogP contribution in [0.1, 0.15) is 23.1 Å². The van der Waals surface area contributed by atoms with E-state index in [1.165, 1.54) is 16.5 Å². The number of aromatic nitrogens is 3. The summed E-state index contributed by atoms with van der Waals surface area (Å²) in [5, 5.41) is 4.65. The maximum absolute atomic E-state index is 12.6. The summed E-state index contributed by atoms with van der Waals surface area (Å²) in [4.78, 5) is 14.1. The van der Waals surface area contributed by atoms with E-state index in [1.54, 1.807) is 0 Å². The van der Waals surface area contributed by atoms with Crippen molar-refractivity contribution in [3.8, 4) is 11.3 Å². The average molecular weight is 560 g/mol. The van der Waals surface area contributed by atoms with Gasteiger partial charge in [0.15, 0.2) is 0 Å². The third kappa shape index (κ3) is 6.03. The van der Waals surface area contributed by atoms with Gasteiger partial charge in [-0.25, -0.2) is 9.97 Å². The highest BCUT2D eigenvalue weighted by Gasteiger charge is 2.21. The van der Waals surface area contributed by atoms with Gasteiger partial charge >= 0.3 is 0 Å². The van der Waals surface area contributed by atoms with Crippen LogP contribution in [-0.4, -0.2) is 73.2 Å². The van der Waals surface area contributed by atoms with Gasteiger partial charge < -0.3 is 30.0 Å². The molecule has 0 spiro atoms. The number of para-hydroxylation sites is 1. The highest BCUT2D eigenvalue weighted by Crippen LogP contribution is 2.40. The average Bonchev–Trinajstić information content (AvgIpc) is 3.28. The molecular formula is C31H42N7OP. The van der Waals surface area contributed by atoms with E-state index in [2.05, 4.69) is 78.2 Å². The molecule has 0 amide bonds. The zero-order chi connectivity index (χ0) is 28.6. The lowest BCUT2D eigenvalue weighted by molar-refractivity contribution is 0.416. The number of nitrogens with zero attached hydrogens (tertiary/aromatic N) is 5. The van der Waals surface area contributed by atoms with Crippen molar-refractivity contribution in [3.05, 3.63) is 59.4 Å². The maximum Gasteiger partial charge on any atom is 0.227 e. The van der Waals surface area contributed by atoms with E-state index in [-0.39, 0.29) is 0 Å². The van der Waals surface area contributed by atoms with Crippen LogP contribution in [0.3, 0.4) is 0 Å². The van der Waals surface area contributed by atoms with Gasteiger partial charge in [-0.2, -0.15) is 0 Å². The van der Waals surface area contributed by atoms with Crippen LogP contribution < -0.4 is 16.0 Å². The molecule has 40 heavy (non-hydrogen) atoms. The molecule has 3 N–H and O–H groups in total. The van der Waals surface area contributed by atoms with Crippen molar-refractivity contribution >= 4 is 41.1 Å². The minimum atomic E-state index is -2.19. The van der Waals surface area contributed by atoms with Crippen LogP contribution in [0.2, 0.25) is 0 Å². The Hall–Kier alpha value is -3.35. The fraction of sp³-hybridized carbons (Fsp3) is 0.419. The van der Waals surface area contributed by atoms with Crippen molar-refractivity contribution in [2.75, 3.05) is 69.7 Å². The molecule has 3 heterocycles. The Bertz CT molecular complexity index is 1590. The quantitative estimate of drug-likeness (QED) is 0.186. The first-order chi connectivity index (χ1) is 19.0. The van der Waals surface area contributed by atoms with Gasteiger partial charge in [0.2, 0.25) is 5.95 Å². The molecule has 0 saturated heterocycles. The molecule has 1 aliphatic rings. The molecule has 2 aromatic heterocycles. The summed E-state index contributed by atoms with van der Waals surface area (Å²) in [6, 6.07) is 10.7. The van der Waals surface area contributed by atoms with Gasteiger partial charge in [0.05, 0.1) is 29.7 Å². The van der Waals surface area contributed by atoms with Crippen LogP contribution in [0.5, 0.6) is 0 Å². The molecule has 0 saturated carbocycles. The molecule has 4 aromatic rings. The fourth-order valence-corrected chi connectivity index (χ4v) is 6.26. The lowest BCUT2D eigenvalue weighted by atomic mass is 10.0. The standard InChI is InChI=1S/C31H42N7OP/c1-21-17-28(37(4)15-14-36(2)3)26(32)18-27(21)34-31-33-19-23(12-16-40(5,6)39)29(35-31)25-20-38-13-8-10-22-9-7-11-24(25)30(22)38/h7,9,11,17-20H,8,10,12-16,32H2,1-6H3,(H,33,34,35). The topological polar surface area (TPSA) is 92.3 Å². The van der Waals surface area contributed by atoms with Crippen LogP contribution in [0.25, 0.3) is 22.2 Å². The summed E-state index contributed by atoms with van der Waals surface area (Å²) in [5.74, 6) is 0.526. The molecular weight excluding hydrogens is 517 g/mol. The van der Waals surface area contributed by atoms with E-state index in [0.717, 1.165) is 66.2 Å². The van der Waals surface area contributed by atoms with E-state index < -0.39 is 7.14 Å². The normalized spacial score (nSPS) is 13.3. The largest absolute Gasteiger partial charge is 0.397 e. The lowest BCUT2D eigenvalue weighted by Gasteiger charge is -2.24. The van der Waals surface area contributed by atoms with Gasteiger partial charge in [-0.1, -0.05) is 18.2 Å². The number of nitrogens with two attached hydrogens (primary N) is 1. The highest BCUT2D eigenvalue weighted by atomic mass is 31.2. The number of anilines is 4. The van der Waals surface area contributed by atoms with Gasteiger partial charge in [0.25, 0.3) is 0 Å². The Labute approximate surface area is 238 Å². The first-order valence-corrected chi connectivity index (χ1v) is 16.8. The molecule has 0 aliphatic carbocycles. The first kappa shape index (κ1) is 28.2. The summed E-state index contributed by atoms with van der Waals surface area (Å²) in [6.07, 6.45) is 7.67. The van der Waals surface area contributed by atoms with Gasteiger partial charge in [-0.15, -0.1) is 0 Å². The molecule has 0 bridgehead atoms. The van der Waals surface area contributed by atoms with Crippen molar-refractivity contribution in [1.82, 2.24) is 19.4 Å². The number of nitrogen functional groups attached to an aromatic ring is 1. The smallest absolute Gasteiger partial charge is 0.227 e. The summed E-state index contributed by atoms with van der Waals surface area (Å²) in [5.41, 5.74) is 15.9. The van der Waals surface area contributed by atoms with E-state index in [9.17, 15) is 4.57 Å². The molecule has 0 unspecified atom stereocenters. The predicted molar refractivity (Wildman–Crippen MR) is 170 cm³/mol. The minimum Gasteiger partial charge on any atom is -0.397 e. The molecule has 0 atom stereocenters. The summed E-state index contributed by atoms with van der Waals surface area (Å²) < 4.78 is 15.0. The predicted octanol–water partition coefficient (Wildman–Crippen LogP) is 5.84. The number of aryl methyl sites for hydroxylation is 4. The SMILES string of the molecule is Cc1cc(N(C)CCN(C)C)c(N)cc1Nc1ncc(CCP(C)(C)=O)c(-c2cn3c4c(cccc24)CCC3)n1. The number of rotatable bonds is 10. The van der Waals surface area contributed by atoms with E-state index in [1.807, 2.05) is 25.6 Å². The molecule has 8 nitrogen and oxygen atoms in total. The number of benzene rings is 2. The number of likely N-dealkylation sites (N-methyl/N-ethyl adjacent to an activating group) is 2. The Morgan fingerprint density at radius 2 is 1.95 bits per heavy atom. The van der Waals surface area contributed by atoms with Crippen LogP contribution in [-0.2, 0) is 24.0 Å². The lowest BCUT2D eigenvalue weighted by Crippen LogP contribution is -2.29. The zero-order valence-corrected chi connectivity index (χ0v) is 25.6. The number of hydrogen-bond acceptors (Lipinski definition) is 7. The van der Waals surface area contributed by atoms with Crippen molar-refractivity contribution in [2.45, 2.75) is 32.7 Å². The summed E-state index contributed by atoms with van der Waals surface area (Å²) in [7, 11) is 4.02. The van der Waals surface area contributed by atoms with Crippen LogP contribution in [0, 0.1) is 6.92 Å². The Kier molecular flexibility index (Phi) is 7.94. The molecule has 5 rings (SSSR count). The second kappa shape index (κ2) is 11.3. The van der Waals surface area contributed by atoms with Gasteiger partial charge in [0, 0.05) is 61.9 Å². The number of hydrogen-bond donors (Lipinski definition) is 2. The maximum atomic E-state index is 12.6. The Morgan fingerprint density at radius 3 is 2.70 bits per heavy atom. The summed E-state index contributed by atoms with van der Waals surface area (Å²) >= 11 is 0. The second-order valence-corrected chi connectivity index (χ2v) is 15.4. The third-order valence-electron chi connectivity index (χ3n) is 7.78. The third-order valence-corrected chi connectivity index (χ3v) is 9.08. The van der Waals surface area contributed by atoms with Gasteiger partial charge in [0.1, 0.15) is 0 Å². The van der Waals surface area contributed by atoms with E-state index in [4.69, 9.17) is 15.7 Å². The van der Waals surface area contributed by atoms with Crippen LogP contribution in [0.15, 0.2) is 42.7 Å². The molecule has 212 valence electrons. The molecule has 1 aliphatic heterocycles. The fourth-order valence-electron chi connectivity index (χ4n) is 5.48. The molecule has 0 radical (unpaired) electrons. The molecule has 0 fully saturated rings. The highest BCUT2D eigenvalue weighted by molar-refractivity contribution is 7.62. The van der Waals surface area contributed by atoms with Crippen LogP contribution in [0.4, 0.5) is 23.0 Å². The second-order valence-electron chi connectivity index (χ2n) is 11.8. The number of nitrogens with one attached hydrogen (secondary N) is 1. The minimum absolute atomic E-state index is 0.526. The van der Waals surface area contributed by atoms with Gasteiger partial charge in [-0.05, 0) is 82.4 Å².